The molecule has 0 aliphatic carbocycles. The summed E-state index contributed by atoms with van der Waals surface area (Å²) in [5.41, 5.74) is 0.309. The number of aliphatic hydroxyl groups is 3. The highest BCUT2D eigenvalue weighted by Gasteiger charge is 2.44. The number of hydrogen-bond acceptors (Lipinski definition) is 7. The lowest BCUT2D eigenvalue weighted by molar-refractivity contribution is -0.173. The van der Waals surface area contributed by atoms with Crippen LogP contribution in [0.1, 0.15) is 24.4 Å². The fourth-order valence-electron chi connectivity index (χ4n) is 3.20. The van der Waals surface area contributed by atoms with E-state index in [9.17, 15) is 15.0 Å². The van der Waals surface area contributed by atoms with Crippen LogP contribution in [0.4, 0.5) is 0 Å². The van der Waals surface area contributed by atoms with E-state index >= 15 is 0 Å². The van der Waals surface area contributed by atoms with Crippen molar-refractivity contribution in [2.24, 2.45) is 0 Å². The van der Waals surface area contributed by atoms with Gasteiger partial charge in [0.15, 0.2) is 0 Å². The zero-order valence-electron chi connectivity index (χ0n) is 12.9. The Morgan fingerprint density at radius 1 is 1.39 bits per heavy atom. The first-order valence-corrected chi connectivity index (χ1v) is 7.74. The monoisotopic (exact) mass is 326 g/mol. The molecule has 3 heterocycles. The molecule has 0 spiro atoms. The molecule has 1 unspecified atom stereocenters. The van der Waals surface area contributed by atoms with Gasteiger partial charge < -0.3 is 24.9 Å². The SMILES string of the molecule is CN1CCCC1c1cccn(O[C@H]2O[C@H](CO)[C@@H](O)[C@H]2O)c1=O. The minimum absolute atomic E-state index is 0.0451. The molecule has 0 saturated carbocycles. The predicted octanol–water partition coefficient (Wildman–Crippen LogP) is -1.52. The van der Waals surface area contributed by atoms with Gasteiger partial charge in [-0.1, -0.05) is 6.07 Å². The van der Waals surface area contributed by atoms with Gasteiger partial charge in [0.25, 0.3) is 11.8 Å². The number of aliphatic hydroxyl groups excluding tert-OH is 3. The van der Waals surface area contributed by atoms with Crippen molar-refractivity contribution in [2.45, 2.75) is 43.5 Å². The first-order chi connectivity index (χ1) is 11.0. The van der Waals surface area contributed by atoms with Crippen LogP contribution in [-0.4, -0.2) is 69.8 Å². The standard InChI is InChI=1S/C15H22N2O6/c1-16-6-3-5-10(16)9-4-2-7-17(14(9)21)23-15-13(20)12(19)11(8-18)22-15/h2,4,7,10-13,15,18-20H,3,5-6,8H2,1H3/t10?,11-,12-,13-,15-/m1/s1. The van der Waals surface area contributed by atoms with Gasteiger partial charge in [0, 0.05) is 17.8 Å². The van der Waals surface area contributed by atoms with Crippen molar-refractivity contribution in [3.8, 4) is 0 Å². The molecule has 0 aromatic carbocycles. The lowest BCUT2D eigenvalue weighted by Gasteiger charge is -2.21. The molecule has 2 saturated heterocycles. The maximum absolute atomic E-state index is 12.6. The molecular weight excluding hydrogens is 304 g/mol. The molecule has 3 N–H and O–H groups in total. The fraction of sp³-hybridized carbons (Fsp3) is 0.667. The summed E-state index contributed by atoms with van der Waals surface area (Å²) in [5, 5.41) is 28.7. The lowest BCUT2D eigenvalue weighted by Crippen LogP contribution is -2.42. The summed E-state index contributed by atoms with van der Waals surface area (Å²) in [4.78, 5) is 20.1. The van der Waals surface area contributed by atoms with Gasteiger partial charge in [-0.2, -0.15) is 0 Å². The highest BCUT2D eigenvalue weighted by molar-refractivity contribution is 5.16. The van der Waals surface area contributed by atoms with Crippen LogP contribution < -0.4 is 10.4 Å². The van der Waals surface area contributed by atoms with Crippen LogP contribution in [-0.2, 0) is 4.74 Å². The molecule has 1 aromatic rings. The van der Waals surface area contributed by atoms with E-state index in [2.05, 4.69) is 4.90 Å². The molecule has 8 heteroatoms. The molecule has 2 fully saturated rings. The van der Waals surface area contributed by atoms with Gasteiger partial charge in [-0.3, -0.25) is 9.69 Å². The molecule has 0 amide bonds. The number of aromatic nitrogens is 1. The summed E-state index contributed by atoms with van der Waals surface area (Å²) in [5.74, 6) is 0. The third-order valence-electron chi connectivity index (χ3n) is 4.54. The van der Waals surface area contributed by atoms with Crippen molar-refractivity contribution in [1.29, 1.82) is 0 Å². The van der Waals surface area contributed by atoms with E-state index in [4.69, 9.17) is 14.7 Å². The highest BCUT2D eigenvalue weighted by atomic mass is 16.8. The van der Waals surface area contributed by atoms with Gasteiger partial charge in [-0.15, -0.1) is 4.73 Å². The second-order valence-electron chi connectivity index (χ2n) is 6.05. The number of rotatable bonds is 4. The van der Waals surface area contributed by atoms with Crippen molar-refractivity contribution in [1.82, 2.24) is 9.63 Å². The lowest BCUT2D eigenvalue weighted by atomic mass is 10.1. The number of ether oxygens (including phenoxy) is 1. The smallest absolute Gasteiger partial charge is 0.287 e. The third kappa shape index (κ3) is 3.00. The van der Waals surface area contributed by atoms with Crippen LogP contribution >= 0.6 is 0 Å². The Morgan fingerprint density at radius 2 is 2.17 bits per heavy atom. The minimum Gasteiger partial charge on any atom is -0.394 e. The molecule has 8 nitrogen and oxygen atoms in total. The van der Waals surface area contributed by atoms with E-state index in [1.807, 2.05) is 7.05 Å². The van der Waals surface area contributed by atoms with Gasteiger partial charge in [0.05, 0.1) is 6.61 Å². The van der Waals surface area contributed by atoms with E-state index < -0.39 is 31.2 Å². The van der Waals surface area contributed by atoms with Gasteiger partial charge in [-0.25, -0.2) is 0 Å². The second kappa shape index (κ2) is 6.58. The van der Waals surface area contributed by atoms with Crippen molar-refractivity contribution < 1.29 is 24.9 Å². The quantitative estimate of drug-likeness (QED) is 0.617. The van der Waals surface area contributed by atoms with E-state index in [0.29, 0.717) is 5.56 Å². The Bertz CT molecular complexity index is 606. The molecule has 1 aromatic heterocycles. The van der Waals surface area contributed by atoms with Crippen LogP contribution in [0.5, 0.6) is 0 Å². The maximum atomic E-state index is 12.6. The van der Waals surface area contributed by atoms with Crippen molar-refractivity contribution >= 4 is 0 Å². The van der Waals surface area contributed by atoms with E-state index in [-0.39, 0.29) is 11.6 Å². The van der Waals surface area contributed by atoms with Gasteiger partial charge in [-0.05, 0) is 32.5 Å². The van der Waals surface area contributed by atoms with Crippen molar-refractivity contribution in [3.63, 3.8) is 0 Å². The fourth-order valence-corrected chi connectivity index (χ4v) is 3.20. The molecule has 2 aliphatic rings. The molecule has 23 heavy (non-hydrogen) atoms. The summed E-state index contributed by atoms with van der Waals surface area (Å²) >= 11 is 0. The Balaban J connectivity index is 1.80. The normalized spacial score (nSPS) is 34.9. The summed E-state index contributed by atoms with van der Waals surface area (Å²) in [6.45, 7) is 0.495. The number of pyridine rings is 1. The Kier molecular flexibility index (Phi) is 4.69. The van der Waals surface area contributed by atoms with Crippen LogP contribution in [0.25, 0.3) is 0 Å². The van der Waals surface area contributed by atoms with Crippen LogP contribution in [0, 0.1) is 0 Å². The van der Waals surface area contributed by atoms with Crippen LogP contribution in [0.15, 0.2) is 23.1 Å². The number of likely N-dealkylation sites (tertiary alicyclic amines) is 1. The summed E-state index contributed by atoms with van der Waals surface area (Å²) < 4.78 is 6.25. The topological polar surface area (TPSA) is 104 Å². The van der Waals surface area contributed by atoms with Crippen LogP contribution in [0.3, 0.4) is 0 Å². The molecule has 128 valence electrons. The number of hydrogen-bond donors (Lipinski definition) is 3. The largest absolute Gasteiger partial charge is 0.394 e. The summed E-state index contributed by atoms with van der Waals surface area (Å²) in [7, 11) is 1.97. The molecule has 2 aliphatic heterocycles. The predicted molar refractivity (Wildman–Crippen MR) is 79.6 cm³/mol. The first kappa shape index (κ1) is 16.4. The Labute approximate surface area is 133 Å². The molecule has 0 radical (unpaired) electrons. The minimum atomic E-state index is -1.34. The zero-order chi connectivity index (χ0) is 16.6. The van der Waals surface area contributed by atoms with E-state index in [0.717, 1.165) is 24.1 Å². The molecule has 3 rings (SSSR count). The molecule has 5 atom stereocenters. The van der Waals surface area contributed by atoms with E-state index in [1.54, 1.807) is 12.1 Å². The van der Waals surface area contributed by atoms with Gasteiger partial charge >= 0.3 is 0 Å². The Morgan fingerprint density at radius 3 is 2.78 bits per heavy atom. The third-order valence-corrected chi connectivity index (χ3v) is 4.54. The Hall–Kier alpha value is -1.45. The van der Waals surface area contributed by atoms with Gasteiger partial charge in [0.2, 0.25) is 0 Å². The summed E-state index contributed by atoms with van der Waals surface area (Å²) in [6, 6.07) is 3.51. The molecular formula is C15H22N2O6. The van der Waals surface area contributed by atoms with Crippen LogP contribution in [0.2, 0.25) is 0 Å². The average molecular weight is 326 g/mol. The summed E-state index contributed by atoms with van der Waals surface area (Å²) in [6.07, 6.45) is -1.36. The maximum Gasteiger partial charge on any atom is 0.287 e. The average Bonchev–Trinajstić information content (AvgIpc) is 3.08. The van der Waals surface area contributed by atoms with E-state index in [1.165, 1.54) is 6.20 Å². The van der Waals surface area contributed by atoms with Gasteiger partial charge in [0.1, 0.15) is 18.3 Å². The second-order valence-corrected chi connectivity index (χ2v) is 6.05. The zero-order valence-corrected chi connectivity index (χ0v) is 12.9. The number of nitrogens with zero attached hydrogens (tertiary/aromatic N) is 2. The first-order valence-electron chi connectivity index (χ1n) is 7.74. The molecule has 0 bridgehead atoms. The van der Waals surface area contributed by atoms with Crippen molar-refractivity contribution in [2.75, 3.05) is 20.2 Å². The highest BCUT2D eigenvalue weighted by Crippen LogP contribution is 2.28. The van der Waals surface area contributed by atoms with Crippen molar-refractivity contribution in [3.05, 3.63) is 34.2 Å².